The summed E-state index contributed by atoms with van der Waals surface area (Å²) in [6.45, 7) is 2.76. The van der Waals surface area contributed by atoms with E-state index in [2.05, 4.69) is 25.7 Å². The number of aryl methyl sites for hydroxylation is 1. The normalized spacial score (nSPS) is 11.4. The van der Waals surface area contributed by atoms with Crippen LogP contribution < -0.4 is 15.8 Å². The lowest BCUT2D eigenvalue weighted by molar-refractivity contribution is 0.269. The van der Waals surface area contributed by atoms with Crippen LogP contribution in [0, 0.1) is 6.92 Å². The summed E-state index contributed by atoms with van der Waals surface area (Å²) in [5.41, 5.74) is 2.45. The van der Waals surface area contributed by atoms with Crippen molar-refractivity contribution in [3.8, 4) is 0 Å². The molecule has 0 amide bonds. The first-order valence-electron chi connectivity index (χ1n) is 8.45. The van der Waals surface area contributed by atoms with E-state index in [9.17, 15) is 8.42 Å². The van der Waals surface area contributed by atoms with Crippen molar-refractivity contribution in [2.45, 2.75) is 24.9 Å². The lowest BCUT2D eigenvalue weighted by Crippen LogP contribution is -2.12. The highest BCUT2D eigenvalue weighted by atomic mass is 32.2. The quantitative estimate of drug-likeness (QED) is 0.435. The highest BCUT2D eigenvalue weighted by molar-refractivity contribution is 7.89. The van der Waals surface area contributed by atoms with Gasteiger partial charge in [0.1, 0.15) is 5.82 Å². The third kappa shape index (κ3) is 5.03. The molecule has 0 spiro atoms. The van der Waals surface area contributed by atoms with E-state index in [4.69, 9.17) is 10.2 Å². The first-order valence-corrected chi connectivity index (χ1v) is 9.99. The minimum atomic E-state index is -3.70. The van der Waals surface area contributed by atoms with Gasteiger partial charge >= 0.3 is 0 Å². The van der Waals surface area contributed by atoms with Crippen LogP contribution in [0.3, 0.4) is 0 Å². The van der Waals surface area contributed by atoms with Gasteiger partial charge in [0.25, 0.3) is 0 Å². The van der Waals surface area contributed by atoms with Gasteiger partial charge in [0.15, 0.2) is 0 Å². The zero-order chi connectivity index (χ0) is 20.1. The molecule has 11 heteroatoms. The highest BCUT2D eigenvalue weighted by Gasteiger charge is 2.08. The Morgan fingerprint density at radius 1 is 1.21 bits per heavy atom. The predicted molar refractivity (Wildman–Crippen MR) is 105 cm³/mol. The molecule has 0 aliphatic carbocycles. The summed E-state index contributed by atoms with van der Waals surface area (Å²) < 4.78 is 24.2. The molecule has 0 fully saturated rings. The summed E-state index contributed by atoms with van der Waals surface area (Å²) in [7, 11) is -3.70. The SMILES string of the molecule is Cc1cnc(Nc2cnn(CCO)c2)nc1NCc1ccc(S(N)(=O)=O)cc1. The lowest BCUT2D eigenvalue weighted by Gasteiger charge is -2.10. The molecule has 0 saturated carbocycles. The molecule has 0 atom stereocenters. The van der Waals surface area contributed by atoms with Crippen LogP contribution in [0.5, 0.6) is 0 Å². The van der Waals surface area contributed by atoms with Crippen molar-refractivity contribution in [3.05, 3.63) is 54.0 Å². The Balaban J connectivity index is 1.67. The van der Waals surface area contributed by atoms with Crippen molar-refractivity contribution >= 4 is 27.5 Å². The molecule has 2 aromatic heterocycles. The maximum absolute atomic E-state index is 11.3. The average Bonchev–Trinajstić information content (AvgIpc) is 3.09. The molecule has 0 bridgehead atoms. The number of anilines is 3. The lowest BCUT2D eigenvalue weighted by atomic mass is 10.2. The molecular formula is C17H21N7O3S. The van der Waals surface area contributed by atoms with E-state index in [1.165, 1.54) is 12.1 Å². The van der Waals surface area contributed by atoms with Crippen molar-refractivity contribution in [2.75, 3.05) is 17.2 Å². The van der Waals surface area contributed by atoms with Crippen molar-refractivity contribution in [1.29, 1.82) is 0 Å². The second-order valence-electron chi connectivity index (χ2n) is 6.11. The molecule has 1 aromatic carbocycles. The van der Waals surface area contributed by atoms with Gasteiger partial charge in [-0.25, -0.2) is 18.5 Å². The largest absolute Gasteiger partial charge is 0.394 e. The highest BCUT2D eigenvalue weighted by Crippen LogP contribution is 2.18. The Morgan fingerprint density at radius 2 is 1.96 bits per heavy atom. The molecular weight excluding hydrogens is 382 g/mol. The van der Waals surface area contributed by atoms with Crippen molar-refractivity contribution in [2.24, 2.45) is 5.14 Å². The third-order valence-corrected chi connectivity index (χ3v) is 4.83. The number of benzene rings is 1. The van der Waals surface area contributed by atoms with Crippen LogP contribution in [0.2, 0.25) is 0 Å². The Bertz CT molecular complexity index is 1050. The fourth-order valence-electron chi connectivity index (χ4n) is 2.45. The number of aliphatic hydroxyl groups excluding tert-OH is 1. The molecule has 3 rings (SSSR count). The average molecular weight is 403 g/mol. The zero-order valence-corrected chi connectivity index (χ0v) is 16.0. The van der Waals surface area contributed by atoms with E-state index in [-0.39, 0.29) is 11.5 Å². The molecule has 0 aliphatic rings. The van der Waals surface area contributed by atoms with Crippen LogP contribution in [-0.2, 0) is 23.1 Å². The Labute approximate surface area is 162 Å². The van der Waals surface area contributed by atoms with Crippen LogP contribution in [0.15, 0.2) is 47.8 Å². The number of aromatic nitrogens is 4. The van der Waals surface area contributed by atoms with E-state index >= 15 is 0 Å². The molecule has 5 N–H and O–H groups in total. The van der Waals surface area contributed by atoms with Gasteiger partial charge in [-0.05, 0) is 24.6 Å². The van der Waals surface area contributed by atoms with Gasteiger partial charge in [0, 0.05) is 24.5 Å². The Kier molecular flexibility index (Phi) is 5.87. The summed E-state index contributed by atoms with van der Waals surface area (Å²) in [5.74, 6) is 1.05. The minimum Gasteiger partial charge on any atom is -0.394 e. The topological polar surface area (TPSA) is 148 Å². The molecule has 0 aliphatic heterocycles. The number of rotatable bonds is 8. The first-order chi connectivity index (χ1) is 13.3. The maximum Gasteiger partial charge on any atom is 0.238 e. The zero-order valence-electron chi connectivity index (χ0n) is 15.2. The van der Waals surface area contributed by atoms with Crippen LogP contribution in [0.4, 0.5) is 17.5 Å². The molecule has 3 aromatic rings. The first kappa shape index (κ1) is 19.7. The summed E-state index contributed by atoms with van der Waals surface area (Å²) in [4.78, 5) is 8.78. The molecule has 28 heavy (non-hydrogen) atoms. The van der Waals surface area contributed by atoms with E-state index in [1.807, 2.05) is 6.92 Å². The van der Waals surface area contributed by atoms with Crippen LogP contribution in [0.1, 0.15) is 11.1 Å². The van der Waals surface area contributed by atoms with Gasteiger partial charge in [-0.2, -0.15) is 10.1 Å². The summed E-state index contributed by atoms with van der Waals surface area (Å²) in [5, 5.41) is 24.4. The number of aliphatic hydroxyl groups is 1. The van der Waals surface area contributed by atoms with E-state index in [1.54, 1.807) is 35.4 Å². The van der Waals surface area contributed by atoms with E-state index in [0.717, 1.165) is 11.1 Å². The van der Waals surface area contributed by atoms with Gasteiger partial charge < -0.3 is 15.7 Å². The van der Waals surface area contributed by atoms with E-state index in [0.29, 0.717) is 30.5 Å². The van der Waals surface area contributed by atoms with Gasteiger partial charge in [-0.3, -0.25) is 4.68 Å². The monoisotopic (exact) mass is 403 g/mol. The summed E-state index contributed by atoms with van der Waals surface area (Å²) in [6.07, 6.45) is 5.07. The van der Waals surface area contributed by atoms with Crippen LogP contribution >= 0.6 is 0 Å². The number of nitrogens with zero attached hydrogens (tertiary/aromatic N) is 4. The standard InChI is InChI=1S/C17H21N7O3S/c1-12-8-20-17(22-14-10-21-24(11-14)6-7-25)23-16(12)19-9-13-2-4-15(5-3-13)28(18,26)27/h2-5,8,10-11,25H,6-7,9H2,1H3,(H2,18,26,27)(H2,19,20,22,23). The smallest absolute Gasteiger partial charge is 0.238 e. The number of hydrogen-bond acceptors (Lipinski definition) is 8. The van der Waals surface area contributed by atoms with Crippen molar-refractivity contribution < 1.29 is 13.5 Å². The number of sulfonamides is 1. The molecule has 2 heterocycles. The second-order valence-corrected chi connectivity index (χ2v) is 7.67. The third-order valence-electron chi connectivity index (χ3n) is 3.90. The fourth-order valence-corrected chi connectivity index (χ4v) is 2.96. The van der Waals surface area contributed by atoms with Gasteiger partial charge in [-0.1, -0.05) is 12.1 Å². The predicted octanol–water partition coefficient (Wildman–Crippen LogP) is 0.977. The Hall–Kier alpha value is -3.02. The fraction of sp³-hybridized carbons (Fsp3) is 0.235. The molecule has 10 nitrogen and oxygen atoms in total. The summed E-state index contributed by atoms with van der Waals surface area (Å²) in [6, 6.07) is 6.32. The van der Waals surface area contributed by atoms with Crippen molar-refractivity contribution in [3.63, 3.8) is 0 Å². The van der Waals surface area contributed by atoms with Crippen LogP contribution in [-0.4, -0.2) is 39.9 Å². The van der Waals surface area contributed by atoms with E-state index < -0.39 is 10.0 Å². The number of hydrogen-bond donors (Lipinski definition) is 4. The van der Waals surface area contributed by atoms with Crippen molar-refractivity contribution in [1.82, 2.24) is 19.7 Å². The van der Waals surface area contributed by atoms with Gasteiger partial charge in [0.2, 0.25) is 16.0 Å². The summed E-state index contributed by atoms with van der Waals surface area (Å²) >= 11 is 0. The molecule has 0 unspecified atom stereocenters. The van der Waals surface area contributed by atoms with Gasteiger partial charge in [0.05, 0.1) is 29.9 Å². The number of nitrogens with one attached hydrogen (secondary N) is 2. The minimum absolute atomic E-state index is 0.00834. The second kappa shape index (κ2) is 8.33. The molecule has 0 saturated heterocycles. The number of primary sulfonamides is 1. The Morgan fingerprint density at radius 3 is 2.64 bits per heavy atom. The van der Waals surface area contributed by atoms with Gasteiger partial charge in [-0.15, -0.1) is 0 Å². The molecule has 0 radical (unpaired) electrons. The number of nitrogens with two attached hydrogens (primary N) is 1. The molecule has 148 valence electrons. The van der Waals surface area contributed by atoms with Crippen LogP contribution in [0.25, 0.3) is 0 Å². The maximum atomic E-state index is 11.3.